The molecule has 3 rings (SSSR count). The van der Waals surface area contributed by atoms with Crippen LogP contribution in [0, 0.1) is 0 Å². The molecule has 1 saturated heterocycles. The number of hydrogen-bond donors (Lipinski definition) is 1. The summed E-state index contributed by atoms with van der Waals surface area (Å²) in [5, 5.41) is 3.46. The number of amides is 1. The van der Waals surface area contributed by atoms with Gasteiger partial charge in [-0.1, -0.05) is 11.6 Å². The number of benzene rings is 1. The highest BCUT2D eigenvalue weighted by Crippen LogP contribution is 2.22. The maximum Gasteiger partial charge on any atom is 0.268 e. The highest BCUT2D eigenvalue weighted by atomic mass is 35.5. The number of morpholine rings is 1. The fraction of sp³-hybridized carbons (Fsp3) is 0.368. The maximum absolute atomic E-state index is 12.6. The van der Waals surface area contributed by atoms with E-state index in [1.807, 2.05) is 12.1 Å². The molecule has 2 aromatic rings. The number of carbonyl (C=O) groups excluding carboxylic acids is 1. The van der Waals surface area contributed by atoms with E-state index < -0.39 is 5.60 Å². The summed E-state index contributed by atoms with van der Waals surface area (Å²) >= 11 is 5.87. The molecule has 26 heavy (non-hydrogen) atoms. The summed E-state index contributed by atoms with van der Waals surface area (Å²) in [6.07, 6.45) is 1.65. The van der Waals surface area contributed by atoms with Crippen molar-refractivity contribution in [3.63, 3.8) is 0 Å². The largest absolute Gasteiger partial charge is 0.478 e. The van der Waals surface area contributed by atoms with Crippen LogP contribution in [0.5, 0.6) is 5.75 Å². The standard InChI is InChI=1S/C19H22ClN3O3/c1-19(2,26-16-6-3-14(20)4-7-16)18(24)22-15-5-8-17(21-13-15)23-9-11-25-12-10-23/h3-8,13H,9-12H2,1-2H3,(H,22,24). The number of hydrogen-bond acceptors (Lipinski definition) is 5. The number of halogens is 1. The molecule has 0 spiro atoms. The Bertz CT molecular complexity index is 742. The second kappa shape index (κ2) is 7.93. The summed E-state index contributed by atoms with van der Waals surface area (Å²) in [6.45, 7) is 6.48. The number of nitrogens with one attached hydrogen (secondary N) is 1. The molecule has 0 saturated carbocycles. The Morgan fingerprint density at radius 1 is 1.19 bits per heavy atom. The smallest absolute Gasteiger partial charge is 0.268 e. The summed E-state index contributed by atoms with van der Waals surface area (Å²) in [4.78, 5) is 19.2. The first kappa shape index (κ1) is 18.5. The van der Waals surface area contributed by atoms with Crippen LogP contribution in [-0.2, 0) is 9.53 Å². The molecule has 1 aromatic heterocycles. The molecule has 0 unspecified atom stereocenters. The third kappa shape index (κ3) is 4.65. The Kier molecular flexibility index (Phi) is 5.64. The van der Waals surface area contributed by atoms with Crippen LogP contribution in [0.3, 0.4) is 0 Å². The van der Waals surface area contributed by atoms with Crippen molar-refractivity contribution in [3.8, 4) is 5.75 Å². The molecule has 138 valence electrons. The topological polar surface area (TPSA) is 63.7 Å². The molecule has 1 aliphatic heterocycles. The first-order valence-corrected chi connectivity index (χ1v) is 8.87. The Morgan fingerprint density at radius 2 is 1.88 bits per heavy atom. The van der Waals surface area contributed by atoms with Gasteiger partial charge in [0.1, 0.15) is 11.6 Å². The summed E-state index contributed by atoms with van der Waals surface area (Å²) < 4.78 is 11.1. The predicted octanol–water partition coefficient (Wildman–Crippen LogP) is 3.37. The minimum absolute atomic E-state index is 0.256. The van der Waals surface area contributed by atoms with Crippen LogP contribution in [0.15, 0.2) is 42.6 Å². The van der Waals surface area contributed by atoms with Gasteiger partial charge in [-0.15, -0.1) is 0 Å². The van der Waals surface area contributed by atoms with Crippen LogP contribution in [0.4, 0.5) is 11.5 Å². The molecule has 1 aromatic carbocycles. The van der Waals surface area contributed by atoms with Crippen molar-refractivity contribution in [2.24, 2.45) is 0 Å². The van der Waals surface area contributed by atoms with Gasteiger partial charge >= 0.3 is 0 Å². The minimum Gasteiger partial charge on any atom is -0.478 e. The van der Waals surface area contributed by atoms with Crippen LogP contribution in [0.25, 0.3) is 0 Å². The summed E-state index contributed by atoms with van der Waals surface area (Å²) in [6, 6.07) is 10.6. The Morgan fingerprint density at radius 3 is 2.50 bits per heavy atom. The Balaban J connectivity index is 1.61. The number of carbonyl (C=O) groups is 1. The lowest BCUT2D eigenvalue weighted by Gasteiger charge is -2.28. The van der Waals surface area contributed by atoms with Crippen LogP contribution in [0.2, 0.25) is 5.02 Å². The number of rotatable bonds is 5. The molecule has 6 nitrogen and oxygen atoms in total. The van der Waals surface area contributed by atoms with Crippen LogP contribution < -0.4 is 15.0 Å². The Hall–Kier alpha value is -2.31. The van der Waals surface area contributed by atoms with Crippen molar-refractivity contribution >= 4 is 29.0 Å². The monoisotopic (exact) mass is 375 g/mol. The van der Waals surface area contributed by atoms with E-state index in [-0.39, 0.29) is 5.91 Å². The van der Waals surface area contributed by atoms with E-state index in [0.29, 0.717) is 29.7 Å². The molecule has 1 aliphatic rings. The van der Waals surface area contributed by atoms with E-state index in [4.69, 9.17) is 21.1 Å². The van der Waals surface area contributed by atoms with Crippen LogP contribution >= 0.6 is 11.6 Å². The van der Waals surface area contributed by atoms with Gasteiger partial charge in [0, 0.05) is 18.1 Å². The van der Waals surface area contributed by atoms with E-state index in [1.165, 1.54) is 0 Å². The minimum atomic E-state index is -1.04. The fourth-order valence-corrected chi connectivity index (χ4v) is 2.69. The van der Waals surface area contributed by atoms with Crippen molar-refractivity contribution in [1.29, 1.82) is 0 Å². The first-order chi connectivity index (χ1) is 12.4. The molecule has 1 amide bonds. The molecule has 0 radical (unpaired) electrons. The second-order valence-corrected chi connectivity index (χ2v) is 6.96. The quantitative estimate of drug-likeness (QED) is 0.868. The van der Waals surface area contributed by atoms with Gasteiger partial charge in [0.2, 0.25) is 0 Å². The number of anilines is 2. The molecule has 1 N–H and O–H groups in total. The molecule has 0 aliphatic carbocycles. The van der Waals surface area contributed by atoms with E-state index in [2.05, 4.69) is 15.2 Å². The van der Waals surface area contributed by atoms with Gasteiger partial charge in [-0.2, -0.15) is 0 Å². The van der Waals surface area contributed by atoms with Crippen molar-refractivity contribution in [3.05, 3.63) is 47.6 Å². The lowest BCUT2D eigenvalue weighted by atomic mass is 10.1. The van der Waals surface area contributed by atoms with Gasteiger partial charge in [-0.3, -0.25) is 4.79 Å². The van der Waals surface area contributed by atoms with Gasteiger partial charge in [0.05, 0.1) is 25.1 Å². The summed E-state index contributed by atoms with van der Waals surface area (Å²) in [7, 11) is 0. The van der Waals surface area contributed by atoms with Gasteiger partial charge in [-0.05, 0) is 50.2 Å². The van der Waals surface area contributed by atoms with Gasteiger partial charge in [0.25, 0.3) is 5.91 Å². The van der Waals surface area contributed by atoms with Crippen molar-refractivity contribution < 1.29 is 14.3 Å². The van der Waals surface area contributed by atoms with Gasteiger partial charge < -0.3 is 19.7 Å². The van der Waals surface area contributed by atoms with E-state index >= 15 is 0 Å². The third-order valence-electron chi connectivity index (χ3n) is 4.07. The number of pyridine rings is 1. The molecule has 1 fully saturated rings. The zero-order chi connectivity index (χ0) is 18.6. The molecular weight excluding hydrogens is 354 g/mol. The van der Waals surface area contributed by atoms with Crippen molar-refractivity contribution in [2.75, 3.05) is 36.5 Å². The lowest BCUT2D eigenvalue weighted by Crippen LogP contribution is -2.42. The SMILES string of the molecule is CC(C)(Oc1ccc(Cl)cc1)C(=O)Nc1ccc(N2CCOCC2)nc1. The van der Waals surface area contributed by atoms with Crippen LogP contribution in [0.1, 0.15) is 13.8 Å². The summed E-state index contributed by atoms with van der Waals surface area (Å²) in [5.74, 6) is 1.20. The van der Waals surface area contributed by atoms with Gasteiger partial charge in [0.15, 0.2) is 5.60 Å². The molecule has 0 atom stereocenters. The number of aromatic nitrogens is 1. The molecular formula is C19H22ClN3O3. The zero-order valence-corrected chi connectivity index (χ0v) is 15.6. The zero-order valence-electron chi connectivity index (χ0n) is 14.9. The fourth-order valence-electron chi connectivity index (χ4n) is 2.56. The average Bonchev–Trinajstić information content (AvgIpc) is 2.65. The van der Waals surface area contributed by atoms with Crippen molar-refractivity contribution in [1.82, 2.24) is 4.98 Å². The Labute approximate surface area is 158 Å². The second-order valence-electron chi connectivity index (χ2n) is 6.52. The third-order valence-corrected chi connectivity index (χ3v) is 4.33. The van der Waals surface area contributed by atoms with E-state index in [1.54, 1.807) is 44.3 Å². The maximum atomic E-state index is 12.6. The van der Waals surface area contributed by atoms with Crippen molar-refractivity contribution in [2.45, 2.75) is 19.4 Å². The van der Waals surface area contributed by atoms with Gasteiger partial charge in [-0.25, -0.2) is 4.98 Å². The average molecular weight is 376 g/mol. The number of nitrogens with zero attached hydrogens (tertiary/aromatic N) is 2. The van der Waals surface area contributed by atoms with Crippen LogP contribution in [-0.4, -0.2) is 42.8 Å². The van der Waals surface area contributed by atoms with E-state index in [9.17, 15) is 4.79 Å². The van der Waals surface area contributed by atoms with E-state index in [0.717, 1.165) is 18.9 Å². The molecule has 2 heterocycles. The lowest BCUT2D eigenvalue weighted by molar-refractivity contribution is -0.128. The molecule has 0 bridgehead atoms. The highest BCUT2D eigenvalue weighted by molar-refractivity contribution is 6.30. The highest BCUT2D eigenvalue weighted by Gasteiger charge is 2.30. The number of ether oxygens (including phenoxy) is 2. The first-order valence-electron chi connectivity index (χ1n) is 8.49. The predicted molar refractivity (Wildman–Crippen MR) is 102 cm³/mol. The summed E-state index contributed by atoms with van der Waals surface area (Å²) in [5.41, 5.74) is -0.420. The normalized spacial score (nSPS) is 14.8. The molecule has 7 heteroatoms.